The van der Waals surface area contributed by atoms with Crippen molar-refractivity contribution in [2.24, 2.45) is 0 Å². The Bertz CT molecular complexity index is 3480. The van der Waals surface area contributed by atoms with Gasteiger partial charge in [0.2, 0.25) is 0 Å². The molecular formula is C60H40N2S. The minimum atomic E-state index is -0.317. The first kappa shape index (κ1) is 37.1. The summed E-state index contributed by atoms with van der Waals surface area (Å²) in [6.07, 6.45) is 0. The molecule has 0 amide bonds. The van der Waals surface area contributed by atoms with E-state index in [1.165, 1.54) is 75.8 Å². The van der Waals surface area contributed by atoms with Crippen LogP contribution >= 0.6 is 11.3 Å². The highest BCUT2D eigenvalue weighted by atomic mass is 32.1. The van der Waals surface area contributed by atoms with Crippen molar-refractivity contribution in [3.63, 3.8) is 0 Å². The topological polar surface area (TPSA) is 25.8 Å². The molecule has 0 radical (unpaired) electrons. The summed E-state index contributed by atoms with van der Waals surface area (Å²) in [6, 6.07) is 81.1. The molecule has 1 aliphatic rings. The Hall–Kier alpha value is -7.72. The molecule has 2 aromatic heterocycles. The SMILES string of the molecule is CC1(c2ccccc2)c2cc(-c3ccc(-c4cc(-c5ccc(-c6cccc7c6sc6ccccc67)cc5)nc(-c5ccccc5)n4)cc3)ccc2-c2c(-c3ccccc3)cccc21. The smallest absolute Gasteiger partial charge is 0.160 e. The van der Waals surface area contributed by atoms with Gasteiger partial charge in [0.25, 0.3) is 0 Å². The Morgan fingerprint density at radius 3 is 1.62 bits per heavy atom. The Kier molecular flexibility index (Phi) is 8.84. The first-order valence-corrected chi connectivity index (χ1v) is 22.4. The molecule has 11 aromatic rings. The highest BCUT2D eigenvalue weighted by molar-refractivity contribution is 7.26. The van der Waals surface area contributed by atoms with Gasteiger partial charge in [-0.2, -0.15) is 0 Å². The lowest BCUT2D eigenvalue weighted by atomic mass is 9.73. The Morgan fingerprint density at radius 1 is 0.365 bits per heavy atom. The summed E-state index contributed by atoms with van der Waals surface area (Å²) in [5, 5.41) is 2.62. The highest BCUT2D eigenvalue weighted by Gasteiger charge is 2.42. The maximum atomic E-state index is 5.17. The van der Waals surface area contributed by atoms with E-state index in [2.05, 4.69) is 213 Å². The third kappa shape index (κ3) is 6.23. The first-order valence-electron chi connectivity index (χ1n) is 21.6. The van der Waals surface area contributed by atoms with Crippen molar-refractivity contribution in [1.29, 1.82) is 0 Å². The summed E-state index contributed by atoms with van der Waals surface area (Å²) in [7, 11) is 0. The van der Waals surface area contributed by atoms with E-state index in [0.29, 0.717) is 5.82 Å². The van der Waals surface area contributed by atoms with E-state index in [0.717, 1.165) is 33.6 Å². The predicted molar refractivity (Wildman–Crippen MR) is 265 cm³/mol. The molecule has 12 rings (SSSR count). The normalized spacial score (nSPS) is 14.2. The standard InChI is InChI=1S/C60H40N2S/c1-60(46-19-9-4-10-20-46)52-25-14-22-47(40-15-5-2-6-16-40)57(52)51-36-35-45(37-53(51)60)39-27-31-42(32-28-39)54-38-55(62-59(61-54)44-17-7-3-8-18-44)43-33-29-41(30-34-43)48-23-13-24-50-49-21-11-12-26-56(49)63-58(48)50/h2-38H,1H3. The number of fused-ring (bicyclic) bond motifs is 6. The maximum Gasteiger partial charge on any atom is 0.160 e. The number of thiophene rings is 1. The van der Waals surface area contributed by atoms with Gasteiger partial charge in [0.15, 0.2) is 5.82 Å². The van der Waals surface area contributed by atoms with Crippen molar-refractivity contribution in [1.82, 2.24) is 9.97 Å². The van der Waals surface area contributed by atoms with Gasteiger partial charge < -0.3 is 0 Å². The molecule has 0 saturated heterocycles. The fraction of sp³-hybridized carbons (Fsp3) is 0.0333. The summed E-state index contributed by atoms with van der Waals surface area (Å²) in [5.41, 5.74) is 18.4. The van der Waals surface area contributed by atoms with Crippen LogP contribution in [0.25, 0.3) is 98.6 Å². The zero-order valence-electron chi connectivity index (χ0n) is 34.7. The van der Waals surface area contributed by atoms with Gasteiger partial charge in [-0.3, -0.25) is 0 Å². The van der Waals surface area contributed by atoms with Crippen molar-refractivity contribution in [2.75, 3.05) is 0 Å². The lowest BCUT2D eigenvalue weighted by molar-refractivity contribution is 0.714. The molecule has 9 aromatic carbocycles. The zero-order chi connectivity index (χ0) is 41.9. The van der Waals surface area contributed by atoms with Gasteiger partial charge in [0.05, 0.1) is 11.4 Å². The lowest BCUT2D eigenvalue weighted by Gasteiger charge is -2.29. The highest BCUT2D eigenvalue weighted by Crippen LogP contribution is 2.56. The van der Waals surface area contributed by atoms with E-state index in [1.807, 2.05) is 29.5 Å². The van der Waals surface area contributed by atoms with Crippen molar-refractivity contribution in [3.8, 4) is 78.4 Å². The average Bonchev–Trinajstić information content (AvgIpc) is 3.88. The van der Waals surface area contributed by atoms with Crippen molar-refractivity contribution < 1.29 is 0 Å². The molecule has 0 spiro atoms. The summed E-state index contributed by atoms with van der Waals surface area (Å²) < 4.78 is 2.63. The van der Waals surface area contributed by atoms with Gasteiger partial charge in [-0.25, -0.2) is 9.97 Å². The molecule has 0 saturated carbocycles. The predicted octanol–water partition coefficient (Wildman–Crippen LogP) is 16.2. The number of nitrogens with zero attached hydrogens (tertiary/aromatic N) is 2. The number of hydrogen-bond donors (Lipinski definition) is 0. The van der Waals surface area contributed by atoms with E-state index in [-0.39, 0.29) is 5.41 Å². The summed E-state index contributed by atoms with van der Waals surface area (Å²) in [4.78, 5) is 10.3. The Labute approximate surface area is 371 Å². The van der Waals surface area contributed by atoms with Crippen LogP contribution < -0.4 is 0 Å². The second-order valence-electron chi connectivity index (χ2n) is 16.6. The van der Waals surface area contributed by atoms with Gasteiger partial charge in [0, 0.05) is 42.3 Å². The van der Waals surface area contributed by atoms with E-state index >= 15 is 0 Å². The molecule has 63 heavy (non-hydrogen) atoms. The second-order valence-corrected chi connectivity index (χ2v) is 17.7. The minimum absolute atomic E-state index is 0.317. The van der Waals surface area contributed by atoms with Crippen LogP contribution in [0.2, 0.25) is 0 Å². The number of aromatic nitrogens is 2. The summed E-state index contributed by atoms with van der Waals surface area (Å²) >= 11 is 1.86. The van der Waals surface area contributed by atoms with Crippen LogP contribution in [0, 0.1) is 0 Å². The fourth-order valence-electron chi connectivity index (χ4n) is 9.79. The van der Waals surface area contributed by atoms with E-state index in [1.54, 1.807) is 0 Å². The van der Waals surface area contributed by atoms with Crippen LogP contribution in [-0.4, -0.2) is 9.97 Å². The maximum absolute atomic E-state index is 5.17. The summed E-state index contributed by atoms with van der Waals surface area (Å²) in [5.74, 6) is 0.708. The largest absolute Gasteiger partial charge is 0.228 e. The van der Waals surface area contributed by atoms with E-state index < -0.39 is 0 Å². The molecule has 0 aliphatic heterocycles. The average molecular weight is 821 g/mol. The van der Waals surface area contributed by atoms with Crippen LogP contribution in [0.3, 0.4) is 0 Å². The Balaban J connectivity index is 0.918. The van der Waals surface area contributed by atoms with Gasteiger partial charge >= 0.3 is 0 Å². The second kappa shape index (κ2) is 15.0. The molecule has 1 unspecified atom stereocenters. The third-order valence-electron chi connectivity index (χ3n) is 13.0. The fourth-order valence-corrected chi connectivity index (χ4v) is 11.0. The number of hydrogen-bond acceptors (Lipinski definition) is 3. The molecule has 296 valence electrons. The van der Waals surface area contributed by atoms with Crippen molar-refractivity contribution in [3.05, 3.63) is 241 Å². The van der Waals surface area contributed by atoms with Crippen LogP contribution in [0.4, 0.5) is 0 Å². The van der Waals surface area contributed by atoms with E-state index in [4.69, 9.17) is 9.97 Å². The lowest BCUT2D eigenvalue weighted by Crippen LogP contribution is -2.22. The molecule has 0 bridgehead atoms. The number of rotatable bonds is 7. The molecule has 2 heterocycles. The quantitative estimate of drug-likeness (QED) is 0.160. The van der Waals surface area contributed by atoms with E-state index in [9.17, 15) is 0 Å². The van der Waals surface area contributed by atoms with Gasteiger partial charge in [-0.05, 0) is 86.3 Å². The zero-order valence-corrected chi connectivity index (χ0v) is 35.5. The molecular weight excluding hydrogens is 781 g/mol. The van der Waals surface area contributed by atoms with Crippen LogP contribution in [0.1, 0.15) is 23.6 Å². The van der Waals surface area contributed by atoms with Crippen molar-refractivity contribution in [2.45, 2.75) is 12.3 Å². The van der Waals surface area contributed by atoms with Gasteiger partial charge in [-0.15, -0.1) is 11.3 Å². The number of benzene rings is 9. The van der Waals surface area contributed by atoms with Gasteiger partial charge in [0.1, 0.15) is 0 Å². The van der Waals surface area contributed by atoms with Crippen molar-refractivity contribution >= 4 is 31.5 Å². The van der Waals surface area contributed by atoms with Crippen LogP contribution in [-0.2, 0) is 5.41 Å². The van der Waals surface area contributed by atoms with Crippen LogP contribution in [0.5, 0.6) is 0 Å². The molecule has 2 nitrogen and oxygen atoms in total. The first-order chi connectivity index (χ1) is 31.1. The molecule has 1 aliphatic carbocycles. The molecule has 0 fully saturated rings. The minimum Gasteiger partial charge on any atom is -0.228 e. The molecule has 3 heteroatoms. The summed E-state index contributed by atoms with van der Waals surface area (Å²) in [6.45, 7) is 2.39. The Morgan fingerprint density at radius 2 is 0.905 bits per heavy atom. The van der Waals surface area contributed by atoms with Crippen LogP contribution in [0.15, 0.2) is 224 Å². The third-order valence-corrected chi connectivity index (χ3v) is 14.3. The molecule has 0 N–H and O–H groups in total. The monoisotopic (exact) mass is 820 g/mol. The molecule has 1 atom stereocenters. The van der Waals surface area contributed by atoms with Gasteiger partial charge in [-0.1, -0.05) is 206 Å².